The van der Waals surface area contributed by atoms with Crippen LogP contribution in [0, 0.1) is 5.41 Å². The summed E-state index contributed by atoms with van der Waals surface area (Å²) in [6, 6.07) is 0. The van der Waals surface area contributed by atoms with Crippen molar-refractivity contribution in [3.8, 4) is 0 Å². The Kier molecular flexibility index (Phi) is 11.8. The predicted octanol–water partition coefficient (Wildman–Crippen LogP) is 3.35. The number of carboxylic acid groups (broad SMARTS) is 2. The number of hydrogen-bond acceptors (Lipinski definition) is 2. The minimum atomic E-state index is -0.935. The van der Waals surface area contributed by atoms with Crippen LogP contribution in [0.3, 0.4) is 0 Å². The first-order valence-corrected chi connectivity index (χ1v) is 5.06. The minimum absolute atomic E-state index is 0.176. The molecule has 0 rings (SSSR count). The summed E-state index contributed by atoms with van der Waals surface area (Å²) in [5.74, 6) is -1.87. The highest BCUT2D eigenvalue weighted by molar-refractivity contribution is 5.85. The van der Waals surface area contributed by atoms with Crippen molar-refractivity contribution in [1.29, 1.82) is 0 Å². The Morgan fingerprint density at radius 3 is 0.882 bits per heavy atom. The Morgan fingerprint density at radius 1 is 0.824 bits per heavy atom. The minimum Gasteiger partial charge on any atom is -0.478 e. The first-order valence-electron chi connectivity index (χ1n) is 5.06. The lowest BCUT2D eigenvalue weighted by atomic mass is 10.0. The van der Waals surface area contributed by atoms with Gasteiger partial charge in [-0.1, -0.05) is 40.9 Å². The largest absolute Gasteiger partial charge is 0.478 e. The molecule has 0 atom stereocenters. The molecule has 0 aliphatic rings. The fraction of sp³-hybridized carbons (Fsp3) is 0.538. The second kappa shape index (κ2) is 9.63. The van der Waals surface area contributed by atoms with Gasteiger partial charge in [0, 0.05) is 11.1 Å². The van der Waals surface area contributed by atoms with Gasteiger partial charge < -0.3 is 10.2 Å². The maximum atomic E-state index is 9.60. The average molecular weight is 244 g/mol. The fourth-order valence-corrected chi connectivity index (χ4v) is 0. The summed E-state index contributed by atoms with van der Waals surface area (Å²) in [6.45, 7) is 18.0. The van der Waals surface area contributed by atoms with E-state index in [0.717, 1.165) is 0 Å². The van der Waals surface area contributed by atoms with Crippen molar-refractivity contribution in [2.45, 2.75) is 41.5 Å². The summed E-state index contributed by atoms with van der Waals surface area (Å²) < 4.78 is 0. The molecule has 0 heterocycles. The highest BCUT2D eigenvalue weighted by atomic mass is 16.4. The van der Waals surface area contributed by atoms with E-state index >= 15 is 0 Å². The zero-order chi connectivity index (χ0) is 14.8. The molecule has 4 nitrogen and oxygen atoms in total. The van der Waals surface area contributed by atoms with Crippen LogP contribution in [0.4, 0.5) is 0 Å². The molecule has 0 spiro atoms. The summed E-state index contributed by atoms with van der Waals surface area (Å²) in [5, 5.41) is 15.8. The van der Waals surface area contributed by atoms with E-state index in [1.54, 1.807) is 0 Å². The van der Waals surface area contributed by atoms with Gasteiger partial charge in [-0.05, 0) is 19.3 Å². The number of carbonyl (C=O) groups is 2. The van der Waals surface area contributed by atoms with E-state index in [1.807, 2.05) is 0 Å². The SMILES string of the molecule is C=C(C)C(=O)O.C=C(C)C(=O)O.CC(C)(C)C. The van der Waals surface area contributed by atoms with Gasteiger partial charge in [-0.25, -0.2) is 9.59 Å². The van der Waals surface area contributed by atoms with E-state index in [9.17, 15) is 9.59 Å². The van der Waals surface area contributed by atoms with Crippen molar-refractivity contribution in [1.82, 2.24) is 0 Å². The molecule has 0 amide bonds. The topological polar surface area (TPSA) is 74.6 Å². The molecular formula is C13H24O4. The predicted molar refractivity (Wildman–Crippen MR) is 70.0 cm³/mol. The van der Waals surface area contributed by atoms with Gasteiger partial charge in [0.1, 0.15) is 0 Å². The molecule has 0 unspecified atom stereocenters. The second-order valence-corrected chi connectivity index (χ2v) is 5.17. The molecule has 0 saturated heterocycles. The molecule has 0 aliphatic carbocycles. The lowest BCUT2D eigenvalue weighted by molar-refractivity contribution is -0.133. The van der Waals surface area contributed by atoms with E-state index < -0.39 is 11.9 Å². The van der Waals surface area contributed by atoms with Gasteiger partial charge in [-0.15, -0.1) is 0 Å². The smallest absolute Gasteiger partial charge is 0.330 e. The van der Waals surface area contributed by atoms with E-state index in [4.69, 9.17) is 10.2 Å². The van der Waals surface area contributed by atoms with Crippen LogP contribution >= 0.6 is 0 Å². The zero-order valence-corrected chi connectivity index (χ0v) is 11.6. The summed E-state index contributed by atoms with van der Waals surface area (Å²) in [5.41, 5.74) is 0.852. The summed E-state index contributed by atoms with van der Waals surface area (Å²) in [7, 11) is 0. The van der Waals surface area contributed by atoms with Crippen LogP contribution in [0.5, 0.6) is 0 Å². The van der Waals surface area contributed by atoms with Crippen LogP contribution in [0.2, 0.25) is 0 Å². The molecular weight excluding hydrogens is 220 g/mol. The van der Waals surface area contributed by atoms with Crippen LogP contribution in [0.25, 0.3) is 0 Å². The molecule has 100 valence electrons. The number of aliphatic carboxylic acids is 2. The first kappa shape index (κ1) is 20.8. The maximum Gasteiger partial charge on any atom is 0.330 e. The van der Waals surface area contributed by atoms with Crippen molar-refractivity contribution < 1.29 is 19.8 Å². The molecule has 2 N–H and O–H groups in total. The van der Waals surface area contributed by atoms with E-state index in [1.165, 1.54) is 13.8 Å². The molecule has 0 aromatic heterocycles. The van der Waals surface area contributed by atoms with Crippen molar-refractivity contribution in [2.75, 3.05) is 0 Å². The Bertz CT molecular complexity index is 228. The molecule has 4 heteroatoms. The molecule has 0 aliphatic heterocycles. The van der Waals surface area contributed by atoms with E-state index in [2.05, 4.69) is 40.9 Å². The van der Waals surface area contributed by atoms with E-state index in [-0.39, 0.29) is 11.1 Å². The highest BCUT2D eigenvalue weighted by Gasteiger charge is 1.95. The van der Waals surface area contributed by atoms with Crippen molar-refractivity contribution in [3.63, 3.8) is 0 Å². The quantitative estimate of drug-likeness (QED) is 0.730. The Labute approximate surface area is 104 Å². The average Bonchev–Trinajstić information content (AvgIpc) is 2.01. The van der Waals surface area contributed by atoms with Crippen LogP contribution in [0.15, 0.2) is 24.3 Å². The van der Waals surface area contributed by atoms with Gasteiger partial charge in [-0.3, -0.25) is 0 Å². The Morgan fingerprint density at radius 2 is 0.882 bits per heavy atom. The van der Waals surface area contributed by atoms with Gasteiger partial charge in [0.15, 0.2) is 0 Å². The number of rotatable bonds is 2. The monoisotopic (exact) mass is 244 g/mol. The maximum absolute atomic E-state index is 9.60. The Hall–Kier alpha value is -1.58. The molecule has 0 saturated carbocycles. The van der Waals surface area contributed by atoms with Crippen LogP contribution in [0.1, 0.15) is 41.5 Å². The molecule has 17 heavy (non-hydrogen) atoms. The van der Waals surface area contributed by atoms with Crippen molar-refractivity contribution in [3.05, 3.63) is 24.3 Å². The van der Waals surface area contributed by atoms with Gasteiger partial charge >= 0.3 is 11.9 Å². The lowest BCUT2D eigenvalue weighted by Crippen LogP contribution is -1.93. The van der Waals surface area contributed by atoms with Gasteiger partial charge in [-0.2, -0.15) is 0 Å². The highest BCUT2D eigenvalue weighted by Crippen LogP contribution is 2.08. The molecule has 0 radical (unpaired) electrons. The third kappa shape index (κ3) is 54.0. The molecule has 0 bridgehead atoms. The second-order valence-electron chi connectivity index (χ2n) is 5.17. The summed E-state index contributed by atoms with van der Waals surface area (Å²) >= 11 is 0. The van der Waals surface area contributed by atoms with E-state index in [0.29, 0.717) is 5.41 Å². The third-order valence-corrected chi connectivity index (χ3v) is 0.730. The van der Waals surface area contributed by atoms with Crippen LogP contribution in [-0.2, 0) is 9.59 Å². The molecule has 0 aromatic carbocycles. The fourth-order valence-electron chi connectivity index (χ4n) is 0. The van der Waals surface area contributed by atoms with Crippen molar-refractivity contribution >= 4 is 11.9 Å². The molecule has 0 fully saturated rings. The summed E-state index contributed by atoms with van der Waals surface area (Å²) in [4.78, 5) is 19.2. The van der Waals surface area contributed by atoms with Crippen molar-refractivity contribution in [2.24, 2.45) is 5.41 Å². The van der Waals surface area contributed by atoms with Gasteiger partial charge in [0.25, 0.3) is 0 Å². The Balaban J connectivity index is -0.000000174. The normalized spacial score (nSPS) is 8.82. The number of carboxylic acids is 2. The molecule has 0 aromatic rings. The summed E-state index contributed by atoms with van der Waals surface area (Å²) in [6.07, 6.45) is 0. The van der Waals surface area contributed by atoms with Crippen LogP contribution < -0.4 is 0 Å². The number of hydrogen-bond donors (Lipinski definition) is 2. The van der Waals surface area contributed by atoms with Gasteiger partial charge in [0.05, 0.1) is 0 Å². The lowest BCUT2D eigenvalue weighted by Gasteiger charge is -2.05. The van der Waals surface area contributed by atoms with Crippen LogP contribution in [-0.4, -0.2) is 22.2 Å². The van der Waals surface area contributed by atoms with Gasteiger partial charge in [0.2, 0.25) is 0 Å². The first-order chi connectivity index (χ1) is 7.29. The third-order valence-electron chi connectivity index (χ3n) is 0.730. The zero-order valence-electron chi connectivity index (χ0n) is 11.6. The standard InChI is InChI=1S/C5H12.2C4H6O2/c1-5(2,3)4;2*1-3(2)4(5)6/h1-4H3;2*1H2,2H3,(H,5,6).